The Labute approximate surface area is 216 Å². The standard InChI is InChI=1S/C30H20O2S3/c31-27(23-17-9-3-10-18-23)25(21-13-5-1-6-14-21)29-33-30(35-34-29)26(22-15-7-2-8-16-22)28(32)24-19-11-4-12-20-24/h1-20H/b29-25-,30-26+. The van der Waals surface area contributed by atoms with Crippen molar-refractivity contribution in [3.8, 4) is 0 Å². The SMILES string of the molecule is O=C(/C(=C1\SS/C(=C(/C(=O)c2ccccc2)c2ccccc2)S1)c1ccccc1)c1ccccc1. The quantitative estimate of drug-likeness (QED) is 0.148. The van der Waals surface area contributed by atoms with Crippen LogP contribution in [0, 0.1) is 0 Å². The van der Waals surface area contributed by atoms with Crippen molar-refractivity contribution in [2.45, 2.75) is 0 Å². The zero-order valence-electron chi connectivity index (χ0n) is 18.6. The molecule has 1 aliphatic heterocycles. The molecule has 0 N–H and O–H groups in total. The average Bonchev–Trinajstić information content (AvgIpc) is 3.40. The molecule has 0 saturated carbocycles. The van der Waals surface area contributed by atoms with Gasteiger partial charge in [0.15, 0.2) is 11.6 Å². The highest BCUT2D eigenvalue weighted by molar-refractivity contribution is 8.87. The first-order valence-electron chi connectivity index (χ1n) is 11.0. The number of hydrogen-bond acceptors (Lipinski definition) is 5. The number of rotatable bonds is 6. The average molecular weight is 509 g/mol. The summed E-state index contributed by atoms with van der Waals surface area (Å²) in [7, 11) is 3.08. The molecule has 0 amide bonds. The number of Topliss-reactive ketones (excluding diaryl/α,β-unsaturated/α-hetero) is 2. The van der Waals surface area contributed by atoms with E-state index in [9.17, 15) is 9.59 Å². The Morgan fingerprint density at radius 2 is 0.686 bits per heavy atom. The topological polar surface area (TPSA) is 34.1 Å². The fraction of sp³-hybridized carbons (Fsp3) is 0. The van der Waals surface area contributed by atoms with Gasteiger partial charge in [-0.15, -0.1) is 0 Å². The maximum atomic E-state index is 13.7. The molecule has 1 fully saturated rings. The molecule has 0 aromatic heterocycles. The number of carbonyl (C=O) groups is 2. The summed E-state index contributed by atoms with van der Waals surface area (Å²) in [6.07, 6.45) is 0. The molecular weight excluding hydrogens is 489 g/mol. The molecule has 5 heteroatoms. The van der Waals surface area contributed by atoms with Crippen LogP contribution in [0.15, 0.2) is 130 Å². The van der Waals surface area contributed by atoms with Gasteiger partial charge in [-0.2, -0.15) is 0 Å². The van der Waals surface area contributed by atoms with Crippen molar-refractivity contribution < 1.29 is 9.59 Å². The zero-order chi connectivity index (χ0) is 24.0. The van der Waals surface area contributed by atoms with Crippen molar-refractivity contribution in [2.24, 2.45) is 0 Å². The summed E-state index contributed by atoms with van der Waals surface area (Å²) in [5.41, 5.74) is 4.35. The van der Waals surface area contributed by atoms with Crippen LogP contribution in [0.25, 0.3) is 11.1 Å². The number of ketones is 2. The third-order valence-electron chi connectivity index (χ3n) is 5.44. The molecular formula is C30H20O2S3. The van der Waals surface area contributed by atoms with E-state index in [1.54, 1.807) is 21.6 Å². The van der Waals surface area contributed by atoms with E-state index in [0.29, 0.717) is 22.3 Å². The Hall–Kier alpha value is -3.25. The predicted octanol–water partition coefficient (Wildman–Crippen LogP) is 8.62. The molecule has 35 heavy (non-hydrogen) atoms. The van der Waals surface area contributed by atoms with Crippen LogP contribution in [0.4, 0.5) is 0 Å². The van der Waals surface area contributed by atoms with Gasteiger partial charge in [0.25, 0.3) is 0 Å². The number of thioether (sulfide) groups is 1. The fourth-order valence-electron chi connectivity index (χ4n) is 3.74. The van der Waals surface area contributed by atoms with Crippen LogP contribution in [0.5, 0.6) is 0 Å². The van der Waals surface area contributed by atoms with Gasteiger partial charge in [-0.3, -0.25) is 9.59 Å². The summed E-state index contributed by atoms with van der Waals surface area (Å²) in [6, 6.07) is 38.2. The van der Waals surface area contributed by atoms with Crippen LogP contribution in [0.2, 0.25) is 0 Å². The van der Waals surface area contributed by atoms with Gasteiger partial charge >= 0.3 is 0 Å². The maximum absolute atomic E-state index is 13.7. The van der Waals surface area contributed by atoms with Crippen molar-refractivity contribution in [3.05, 3.63) is 152 Å². The number of allylic oxidation sites excluding steroid dienone is 2. The summed E-state index contributed by atoms with van der Waals surface area (Å²) in [5.74, 6) is -0.0476. The Kier molecular flexibility index (Phi) is 7.38. The smallest absolute Gasteiger partial charge is 0.195 e. The monoisotopic (exact) mass is 508 g/mol. The summed E-state index contributed by atoms with van der Waals surface area (Å²) in [5, 5.41) is 0. The van der Waals surface area contributed by atoms with E-state index >= 15 is 0 Å². The first-order chi connectivity index (χ1) is 17.2. The van der Waals surface area contributed by atoms with E-state index in [1.165, 1.54) is 11.8 Å². The summed E-state index contributed by atoms with van der Waals surface area (Å²) in [4.78, 5) is 27.3. The minimum Gasteiger partial charge on any atom is -0.289 e. The van der Waals surface area contributed by atoms with Crippen molar-refractivity contribution in [1.29, 1.82) is 0 Å². The van der Waals surface area contributed by atoms with Crippen LogP contribution in [0.1, 0.15) is 31.8 Å². The van der Waals surface area contributed by atoms with E-state index in [0.717, 1.165) is 19.6 Å². The molecule has 4 aromatic rings. The summed E-state index contributed by atoms with van der Waals surface area (Å²) >= 11 is 1.51. The second-order valence-electron chi connectivity index (χ2n) is 7.72. The molecule has 1 heterocycles. The number of hydrogen-bond donors (Lipinski definition) is 0. The highest BCUT2D eigenvalue weighted by Gasteiger charge is 2.30. The Balaban J connectivity index is 1.63. The van der Waals surface area contributed by atoms with Gasteiger partial charge < -0.3 is 0 Å². The van der Waals surface area contributed by atoms with E-state index < -0.39 is 0 Å². The Bertz CT molecular complexity index is 1300. The van der Waals surface area contributed by atoms with Crippen LogP contribution in [0.3, 0.4) is 0 Å². The van der Waals surface area contributed by atoms with Gasteiger partial charge in [-0.25, -0.2) is 0 Å². The second-order valence-corrected chi connectivity index (χ2v) is 11.4. The molecule has 4 aromatic carbocycles. The van der Waals surface area contributed by atoms with Gasteiger partial charge in [0.05, 0.1) is 19.6 Å². The molecule has 5 rings (SSSR count). The van der Waals surface area contributed by atoms with Crippen LogP contribution >= 0.6 is 33.3 Å². The highest BCUT2D eigenvalue weighted by Crippen LogP contribution is 2.61. The minimum atomic E-state index is -0.0238. The van der Waals surface area contributed by atoms with Crippen LogP contribution < -0.4 is 0 Å². The molecule has 1 aliphatic rings. The van der Waals surface area contributed by atoms with E-state index in [1.807, 2.05) is 121 Å². The lowest BCUT2D eigenvalue weighted by Crippen LogP contribution is -2.04. The fourth-order valence-corrected chi connectivity index (χ4v) is 8.38. The predicted molar refractivity (Wildman–Crippen MR) is 151 cm³/mol. The molecule has 0 unspecified atom stereocenters. The molecule has 0 aliphatic carbocycles. The van der Waals surface area contributed by atoms with Gasteiger partial charge in [0.1, 0.15) is 0 Å². The van der Waals surface area contributed by atoms with Crippen molar-refractivity contribution in [1.82, 2.24) is 0 Å². The minimum absolute atomic E-state index is 0.0238. The number of benzene rings is 4. The van der Waals surface area contributed by atoms with E-state index in [-0.39, 0.29) is 11.6 Å². The van der Waals surface area contributed by atoms with Crippen molar-refractivity contribution >= 4 is 56.1 Å². The third kappa shape index (κ3) is 5.22. The first-order valence-corrected chi connectivity index (χ1v) is 14.0. The maximum Gasteiger partial charge on any atom is 0.195 e. The summed E-state index contributed by atoms with van der Waals surface area (Å²) in [6.45, 7) is 0. The van der Waals surface area contributed by atoms with Gasteiger partial charge in [-0.05, 0) is 32.7 Å². The lowest BCUT2D eigenvalue weighted by atomic mass is 9.98. The number of carbonyl (C=O) groups excluding carboxylic acids is 2. The Morgan fingerprint density at radius 1 is 0.400 bits per heavy atom. The van der Waals surface area contributed by atoms with Crippen molar-refractivity contribution in [2.75, 3.05) is 0 Å². The molecule has 0 radical (unpaired) electrons. The van der Waals surface area contributed by atoms with Gasteiger partial charge in [0.2, 0.25) is 0 Å². The van der Waals surface area contributed by atoms with Crippen molar-refractivity contribution in [3.63, 3.8) is 0 Å². The second kappa shape index (κ2) is 11.0. The lowest BCUT2D eigenvalue weighted by Gasteiger charge is -2.11. The molecule has 0 spiro atoms. The molecule has 1 saturated heterocycles. The highest BCUT2D eigenvalue weighted by atomic mass is 33.1. The Morgan fingerprint density at radius 3 is 1.00 bits per heavy atom. The van der Waals surface area contributed by atoms with E-state index in [4.69, 9.17) is 0 Å². The largest absolute Gasteiger partial charge is 0.289 e. The molecule has 0 bridgehead atoms. The van der Waals surface area contributed by atoms with E-state index in [2.05, 4.69) is 0 Å². The lowest BCUT2D eigenvalue weighted by molar-refractivity contribution is 0.104. The third-order valence-corrected chi connectivity index (χ3v) is 9.89. The van der Waals surface area contributed by atoms with Gasteiger partial charge in [0, 0.05) is 11.1 Å². The van der Waals surface area contributed by atoms with Gasteiger partial charge in [-0.1, -0.05) is 133 Å². The molecule has 170 valence electrons. The normalized spacial score (nSPS) is 16.0. The molecule has 0 atom stereocenters. The summed E-state index contributed by atoms with van der Waals surface area (Å²) < 4.78 is 1.78. The first kappa shape index (κ1) is 23.5. The van der Waals surface area contributed by atoms with Crippen LogP contribution in [-0.4, -0.2) is 11.6 Å². The molecule has 2 nitrogen and oxygen atoms in total. The van der Waals surface area contributed by atoms with Crippen LogP contribution in [-0.2, 0) is 0 Å². The zero-order valence-corrected chi connectivity index (χ0v) is 21.0.